The van der Waals surface area contributed by atoms with Crippen molar-refractivity contribution >= 4 is 17.6 Å². The molecule has 1 aliphatic carbocycles. The van der Waals surface area contributed by atoms with E-state index < -0.39 is 6.04 Å². The van der Waals surface area contributed by atoms with Crippen LogP contribution in [0.2, 0.25) is 0 Å². The van der Waals surface area contributed by atoms with Gasteiger partial charge in [0.05, 0.1) is 6.61 Å². The minimum absolute atomic E-state index is 0.0102. The fraction of sp³-hybridized carbons (Fsp3) is 0.591. The fourth-order valence-electron chi connectivity index (χ4n) is 3.47. The van der Waals surface area contributed by atoms with Gasteiger partial charge in [0, 0.05) is 44.2 Å². The van der Waals surface area contributed by atoms with Crippen LogP contribution in [0, 0.1) is 5.92 Å². The number of hydrogen-bond acceptors (Lipinski definition) is 5. The number of nitrogens with one attached hydrogen (secondary N) is 1. The van der Waals surface area contributed by atoms with Crippen molar-refractivity contribution in [2.75, 3.05) is 39.3 Å². The quantitative estimate of drug-likeness (QED) is 0.504. The molecule has 2 fully saturated rings. The lowest BCUT2D eigenvalue weighted by atomic mass is 10.1. The van der Waals surface area contributed by atoms with Crippen molar-refractivity contribution in [3.63, 3.8) is 0 Å². The molecule has 1 aromatic carbocycles. The monoisotopic (exact) mass is 401 g/mol. The molecule has 29 heavy (non-hydrogen) atoms. The molecule has 1 aliphatic heterocycles. The van der Waals surface area contributed by atoms with Crippen molar-refractivity contribution in [1.82, 2.24) is 15.1 Å². The Kier molecular flexibility index (Phi) is 7.25. The van der Waals surface area contributed by atoms with Gasteiger partial charge in [0.2, 0.25) is 11.8 Å². The highest BCUT2D eigenvalue weighted by atomic mass is 16.5. The van der Waals surface area contributed by atoms with Gasteiger partial charge in [-0.1, -0.05) is 0 Å². The Hall–Kier alpha value is -2.41. The van der Waals surface area contributed by atoms with Gasteiger partial charge >= 0.3 is 0 Å². The average Bonchev–Trinajstić information content (AvgIpc) is 3.57. The molecular formula is C22H31N3O4. The third kappa shape index (κ3) is 6.29. The second-order valence-corrected chi connectivity index (χ2v) is 7.95. The molecule has 0 bridgehead atoms. The fourth-order valence-corrected chi connectivity index (χ4v) is 3.47. The molecule has 7 heteroatoms. The number of piperazine rings is 1. The molecule has 1 saturated carbocycles. The number of benzene rings is 1. The van der Waals surface area contributed by atoms with Crippen LogP contribution in [-0.2, 0) is 9.59 Å². The Bertz CT molecular complexity index is 722. The lowest BCUT2D eigenvalue weighted by Crippen LogP contribution is -2.54. The van der Waals surface area contributed by atoms with Gasteiger partial charge in [-0.25, -0.2) is 0 Å². The van der Waals surface area contributed by atoms with Gasteiger partial charge in [0.15, 0.2) is 5.78 Å². The second-order valence-electron chi connectivity index (χ2n) is 7.95. The van der Waals surface area contributed by atoms with Crippen LogP contribution in [-0.4, -0.2) is 72.8 Å². The summed E-state index contributed by atoms with van der Waals surface area (Å²) in [6.45, 7) is 7.91. The van der Waals surface area contributed by atoms with Gasteiger partial charge in [-0.3, -0.25) is 19.3 Å². The van der Waals surface area contributed by atoms with Crippen LogP contribution >= 0.6 is 0 Å². The van der Waals surface area contributed by atoms with Crippen molar-refractivity contribution in [3.8, 4) is 5.75 Å². The minimum Gasteiger partial charge on any atom is -0.494 e. The lowest BCUT2D eigenvalue weighted by molar-refractivity contribution is -0.137. The molecule has 7 nitrogen and oxygen atoms in total. The number of rotatable bonds is 9. The molecule has 3 rings (SSSR count). The van der Waals surface area contributed by atoms with Crippen LogP contribution < -0.4 is 10.1 Å². The summed E-state index contributed by atoms with van der Waals surface area (Å²) in [6.07, 6.45) is 2.79. The zero-order valence-corrected chi connectivity index (χ0v) is 17.4. The van der Waals surface area contributed by atoms with E-state index in [9.17, 15) is 14.4 Å². The molecule has 0 unspecified atom stereocenters. The van der Waals surface area contributed by atoms with Crippen molar-refractivity contribution in [1.29, 1.82) is 0 Å². The summed E-state index contributed by atoms with van der Waals surface area (Å²) in [5.74, 6) is 0.967. The van der Waals surface area contributed by atoms with E-state index in [-0.39, 0.29) is 23.5 Å². The van der Waals surface area contributed by atoms with Crippen molar-refractivity contribution in [2.24, 2.45) is 5.92 Å². The predicted molar refractivity (Wildman–Crippen MR) is 110 cm³/mol. The molecule has 0 radical (unpaired) electrons. The van der Waals surface area contributed by atoms with Crippen LogP contribution in [0.25, 0.3) is 0 Å². The van der Waals surface area contributed by atoms with Crippen LogP contribution in [0.15, 0.2) is 24.3 Å². The molecule has 0 aromatic heterocycles. The van der Waals surface area contributed by atoms with E-state index in [4.69, 9.17) is 4.74 Å². The Morgan fingerprint density at radius 3 is 2.34 bits per heavy atom. The third-order valence-corrected chi connectivity index (χ3v) is 5.51. The highest BCUT2D eigenvalue weighted by Gasteiger charge is 2.32. The van der Waals surface area contributed by atoms with E-state index >= 15 is 0 Å². The van der Waals surface area contributed by atoms with Gasteiger partial charge in [0.25, 0.3) is 0 Å². The summed E-state index contributed by atoms with van der Waals surface area (Å²) < 4.78 is 5.74. The van der Waals surface area contributed by atoms with E-state index in [1.165, 1.54) is 0 Å². The SMILES string of the molecule is CC(=O)c1ccc(OCCCN2CCN(C(=O)[C@@H](C)NC(=O)C3CC3)CC2)cc1. The summed E-state index contributed by atoms with van der Waals surface area (Å²) in [6, 6.07) is 6.76. The van der Waals surface area contributed by atoms with Crippen LogP contribution in [0.3, 0.4) is 0 Å². The zero-order chi connectivity index (χ0) is 20.8. The molecule has 0 spiro atoms. The maximum absolute atomic E-state index is 12.5. The van der Waals surface area contributed by atoms with E-state index in [0.717, 1.165) is 44.6 Å². The van der Waals surface area contributed by atoms with Crippen molar-refractivity contribution in [2.45, 2.75) is 39.2 Å². The predicted octanol–water partition coefficient (Wildman–Crippen LogP) is 1.72. The summed E-state index contributed by atoms with van der Waals surface area (Å²) in [5, 5.41) is 2.84. The largest absolute Gasteiger partial charge is 0.494 e. The van der Waals surface area contributed by atoms with Gasteiger partial charge in [-0.2, -0.15) is 0 Å². The second kappa shape index (κ2) is 9.87. The maximum atomic E-state index is 12.5. The number of nitrogens with zero attached hydrogens (tertiary/aromatic N) is 2. The topological polar surface area (TPSA) is 79.0 Å². The molecular weight excluding hydrogens is 370 g/mol. The molecule has 2 aliphatic rings. The summed E-state index contributed by atoms with van der Waals surface area (Å²) in [5.41, 5.74) is 0.686. The summed E-state index contributed by atoms with van der Waals surface area (Å²) >= 11 is 0. The Morgan fingerprint density at radius 1 is 1.10 bits per heavy atom. The zero-order valence-electron chi connectivity index (χ0n) is 17.4. The van der Waals surface area contributed by atoms with E-state index in [1.807, 2.05) is 17.0 Å². The van der Waals surface area contributed by atoms with Crippen molar-refractivity contribution in [3.05, 3.63) is 29.8 Å². The first-order valence-corrected chi connectivity index (χ1v) is 10.5. The Balaban J connectivity index is 1.30. The third-order valence-electron chi connectivity index (χ3n) is 5.51. The first-order chi connectivity index (χ1) is 13.9. The highest BCUT2D eigenvalue weighted by Crippen LogP contribution is 2.28. The number of amides is 2. The number of ether oxygens (including phenoxy) is 1. The average molecular weight is 402 g/mol. The Labute approximate surface area is 172 Å². The number of carbonyl (C=O) groups excluding carboxylic acids is 3. The van der Waals surface area contributed by atoms with Gasteiger partial charge in [-0.05, 0) is 57.4 Å². The van der Waals surface area contributed by atoms with Crippen molar-refractivity contribution < 1.29 is 19.1 Å². The smallest absolute Gasteiger partial charge is 0.244 e. The van der Waals surface area contributed by atoms with Gasteiger partial charge in [-0.15, -0.1) is 0 Å². The van der Waals surface area contributed by atoms with E-state index in [2.05, 4.69) is 10.2 Å². The first-order valence-electron chi connectivity index (χ1n) is 10.5. The normalized spacial score (nSPS) is 18.2. The Morgan fingerprint density at radius 2 is 1.76 bits per heavy atom. The van der Waals surface area contributed by atoms with Crippen LogP contribution in [0.4, 0.5) is 0 Å². The molecule has 158 valence electrons. The minimum atomic E-state index is -0.447. The summed E-state index contributed by atoms with van der Waals surface area (Å²) in [7, 11) is 0. The lowest BCUT2D eigenvalue weighted by Gasteiger charge is -2.36. The number of hydrogen-bond donors (Lipinski definition) is 1. The van der Waals surface area contributed by atoms with Gasteiger partial charge < -0.3 is 15.0 Å². The molecule has 2 amide bonds. The molecule has 1 atom stereocenters. The standard InChI is InChI=1S/C22H31N3O4/c1-16(23-21(27)19-4-5-19)22(28)25-13-11-24(12-14-25)10-3-15-29-20-8-6-18(7-9-20)17(2)26/h6-9,16,19H,3-5,10-15H2,1-2H3,(H,23,27)/t16-/m1/s1. The first kappa shape index (κ1) is 21.3. The van der Waals surface area contributed by atoms with Crippen LogP contribution in [0.1, 0.15) is 43.5 Å². The number of carbonyl (C=O) groups is 3. The number of ketones is 1. The molecule has 1 aromatic rings. The molecule has 1 saturated heterocycles. The maximum Gasteiger partial charge on any atom is 0.244 e. The van der Waals surface area contributed by atoms with E-state index in [1.54, 1.807) is 26.0 Å². The van der Waals surface area contributed by atoms with Gasteiger partial charge in [0.1, 0.15) is 11.8 Å². The highest BCUT2D eigenvalue weighted by molar-refractivity contribution is 5.94. The summed E-state index contributed by atoms with van der Waals surface area (Å²) in [4.78, 5) is 39.8. The number of Topliss-reactive ketones (excluding diaryl/α,β-unsaturated/α-hetero) is 1. The van der Waals surface area contributed by atoms with Crippen LogP contribution in [0.5, 0.6) is 5.75 Å². The van der Waals surface area contributed by atoms with E-state index in [0.29, 0.717) is 25.3 Å². The molecule has 1 N–H and O–H groups in total. The molecule has 1 heterocycles.